The minimum absolute atomic E-state index is 0.0804. The number of ether oxygens (including phenoxy) is 1. The van der Waals surface area contributed by atoms with E-state index in [0.29, 0.717) is 24.5 Å². The number of amides is 1. The van der Waals surface area contributed by atoms with Crippen LogP contribution in [0.1, 0.15) is 40.0 Å². The van der Waals surface area contributed by atoms with Gasteiger partial charge in [0, 0.05) is 13.0 Å². The number of rotatable bonds is 9. The molecule has 1 aromatic rings. The molecule has 0 aliphatic rings. The summed E-state index contributed by atoms with van der Waals surface area (Å²) in [5.74, 6) is -1.02. The van der Waals surface area contributed by atoms with Crippen molar-refractivity contribution in [1.29, 1.82) is 0 Å². The minimum Gasteiger partial charge on any atom is -0.491 e. The van der Waals surface area contributed by atoms with Crippen LogP contribution in [0.4, 0.5) is 5.69 Å². The van der Waals surface area contributed by atoms with Gasteiger partial charge in [0.15, 0.2) is 0 Å². The first-order valence-corrected chi connectivity index (χ1v) is 7.76. The maximum absolute atomic E-state index is 12.4. The van der Waals surface area contributed by atoms with E-state index in [2.05, 4.69) is 0 Å². The molecule has 0 fully saturated rings. The quantitative estimate of drug-likeness (QED) is 0.760. The molecule has 1 unspecified atom stereocenters. The molecule has 0 heterocycles. The number of anilines is 1. The Morgan fingerprint density at radius 1 is 1.23 bits per heavy atom. The van der Waals surface area contributed by atoms with Crippen molar-refractivity contribution in [2.45, 2.75) is 40.0 Å². The second-order valence-electron chi connectivity index (χ2n) is 5.31. The lowest BCUT2D eigenvalue weighted by atomic mass is 10.1. The molecule has 0 aliphatic carbocycles. The van der Waals surface area contributed by atoms with Gasteiger partial charge in [-0.25, -0.2) is 0 Å². The van der Waals surface area contributed by atoms with Crippen LogP contribution < -0.4 is 9.64 Å². The van der Waals surface area contributed by atoms with Crippen molar-refractivity contribution in [3.05, 3.63) is 24.3 Å². The smallest absolute Gasteiger partial charge is 0.308 e. The summed E-state index contributed by atoms with van der Waals surface area (Å²) >= 11 is 0. The van der Waals surface area contributed by atoms with Crippen molar-refractivity contribution in [1.82, 2.24) is 0 Å². The van der Waals surface area contributed by atoms with Gasteiger partial charge in [0.05, 0.1) is 18.2 Å². The highest BCUT2D eigenvalue weighted by Crippen LogP contribution is 2.29. The molecule has 1 aromatic carbocycles. The standard InChI is InChI=1S/C17H25NO4/c1-4-8-16(19)18(12-13(3)17(20)21)14-9-6-7-10-15(14)22-11-5-2/h6-7,9-10,13H,4-5,8,11-12H2,1-3H3,(H,20,21). The van der Waals surface area contributed by atoms with Crippen molar-refractivity contribution >= 4 is 17.6 Å². The molecule has 0 bridgehead atoms. The van der Waals surface area contributed by atoms with Crippen molar-refractivity contribution < 1.29 is 19.4 Å². The summed E-state index contributed by atoms with van der Waals surface area (Å²) < 4.78 is 5.70. The molecule has 0 radical (unpaired) electrons. The third-order valence-corrected chi connectivity index (χ3v) is 3.26. The Morgan fingerprint density at radius 2 is 1.91 bits per heavy atom. The van der Waals surface area contributed by atoms with E-state index < -0.39 is 11.9 Å². The van der Waals surface area contributed by atoms with E-state index >= 15 is 0 Å². The monoisotopic (exact) mass is 307 g/mol. The SMILES string of the molecule is CCCOc1ccccc1N(CC(C)C(=O)O)C(=O)CCC. The van der Waals surface area contributed by atoms with Crippen molar-refractivity contribution in [2.75, 3.05) is 18.1 Å². The molecule has 0 aliphatic heterocycles. The van der Waals surface area contributed by atoms with E-state index in [1.54, 1.807) is 13.0 Å². The topological polar surface area (TPSA) is 66.8 Å². The highest BCUT2D eigenvalue weighted by Gasteiger charge is 2.23. The predicted molar refractivity (Wildman–Crippen MR) is 86.3 cm³/mol. The van der Waals surface area contributed by atoms with Gasteiger partial charge in [-0.15, -0.1) is 0 Å². The zero-order valence-electron chi connectivity index (χ0n) is 13.5. The van der Waals surface area contributed by atoms with Gasteiger partial charge in [-0.05, 0) is 25.0 Å². The largest absolute Gasteiger partial charge is 0.491 e. The van der Waals surface area contributed by atoms with E-state index in [1.165, 1.54) is 4.90 Å². The lowest BCUT2D eigenvalue weighted by Gasteiger charge is -2.26. The number of hydrogen-bond acceptors (Lipinski definition) is 3. The van der Waals surface area contributed by atoms with E-state index in [1.807, 2.05) is 32.0 Å². The number of hydrogen-bond donors (Lipinski definition) is 1. The first-order chi connectivity index (χ1) is 10.5. The Balaban J connectivity index is 3.09. The molecular weight excluding hydrogens is 282 g/mol. The highest BCUT2D eigenvalue weighted by atomic mass is 16.5. The number of carbonyl (C=O) groups is 2. The Labute approximate surface area is 131 Å². The lowest BCUT2D eigenvalue weighted by Crippen LogP contribution is -2.37. The maximum atomic E-state index is 12.4. The lowest BCUT2D eigenvalue weighted by molar-refractivity contribution is -0.140. The Bertz CT molecular complexity index is 501. The van der Waals surface area contributed by atoms with Crippen LogP contribution in [0, 0.1) is 5.92 Å². The van der Waals surface area contributed by atoms with E-state index in [4.69, 9.17) is 9.84 Å². The van der Waals surface area contributed by atoms with Crippen LogP contribution in [0.15, 0.2) is 24.3 Å². The number of para-hydroxylation sites is 2. The summed E-state index contributed by atoms with van der Waals surface area (Å²) in [5.41, 5.74) is 0.641. The molecule has 1 amide bonds. The summed E-state index contributed by atoms with van der Waals surface area (Å²) in [6.07, 6.45) is 1.96. The van der Waals surface area contributed by atoms with Crippen LogP contribution in [0.3, 0.4) is 0 Å². The van der Waals surface area contributed by atoms with Gasteiger partial charge in [-0.3, -0.25) is 9.59 Å². The summed E-state index contributed by atoms with van der Waals surface area (Å²) in [6.45, 7) is 6.23. The number of aliphatic carboxylic acids is 1. The maximum Gasteiger partial charge on any atom is 0.308 e. The Hall–Kier alpha value is -2.04. The predicted octanol–water partition coefficient (Wildman–Crippen LogP) is 3.33. The molecule has 22 heavy (non-hydrogen) atoms. The van der Waals surface area contributed by atoms with Crippen LogP contribution >= 0.6 is 0 Å². The first-order valence-electron chi connectivity index (χ1n) is 7.76. The summed E-state index contributed by atoms with van der Waals surface area (Å²) in [7, 11) is 0. The fraction of sp³-hybridized carbons (Fsp3) is 0.529. The van der Waals surface area contributed by atoms with Gasteiger partial charge in [-0.2, -0.15) is 0 Å². The molecule has 122 valence electrons. The van der Waals surface area contributed by atoms with Crippen molar-refractivity contribution in [3.63, 3.8) is 0 Å². The van der Waals surface area contributed by atoms with Crippen molar-refractivity contribution in [3.8, 4) is 5.75 Å². The fourth-order valence-electron chi connectivity index (χ4n) is 2.05. The first kappa shape index (κ1) is 18.0. The average Bonchev–Trinajstić information content (AvgIpc) is 2.50. The number of carboxylic acid groups (broad SMARTS) is 1. The van der Waals surface area contributed by atoms with Crippen LogP contribution in [0.5, 0.6) is 5.75 Å². The minimum atomic E-state index is -0.916. The molecule has 5 nitrogen and oxygen atoms in total. The van der Waals surface area contributed by atoms with Crippen LogP contribution in [0.2, 0.25) is 0 Å². The third kappa shape index (κ3) is 5.06. The molecule has 1 N–H and O–H groups in total. The van der Waals surface area contributed by atoms with Crippen LogP contribution in [0.25, 0.3) is 0 Å². The van der Waals surface area contributed by atoms with Gasteiger partial charge in [0.25, 0.3) is 0 Å². The van der Waals surface area contributed by atoms with Gasteiger partial charge < -0.3 is 14.7 Å². The van der Waals surface area contributed by atoms with Crippen LogP contribution in [-0.4, -0.2) is 30.1 Å². The second kappa shape index (κ2) is 9.07. The summed E-state index contributed by atoms with van der Waals surface area (Å²) in [4.78, 5) is 25.1. The average molecular weight is 307 g/mol. The Morgan fingerprint density at radius 3 is 2.50 bits per heavy atom. The normalized spacial score (nSPS) is 11.8. The fourth-order valence-corrected chi connectivity index (χ4v) is 2.05. The Kier molecular flexibility index (Phi) is 7.43. The molecule has 1 atom stereocenters. The van der Waals surface area contributed by atoms with E-state index in [-0.39, 0.29) is 12.5 Å². The van der Waals surface area contributed by atoms with E-state index in [9.17, 15) is 9.59 Å². The number of benzene rings is 1. The number of carbonyl (C=O) groups excluding carboxylic acids is 1. The van der Waals surface area contributed by atoms with E-state index in [0.717, 1.165) is 12.8 Å². The zero-order chi connectivity index (χ0) is 16.5. The second-order valence-corrected chi connectivity index (χ2v) is 5.31. The van der Waals surface area contributed by atoms with Crippen LogP contribution in [-0.2, 0) is 9.59 Å². The molecular formula is C17H25NO4. The molecule has 1 rings (SSSR count). The molecule has 0 saturated carbocycles. The number of nitrogens with zero attached hydrogens (tertiary/aromatic N) is 1. The molecule has 0 saturated heterocycles. The molecule has 5 heteroatoms. The van der Waals surface area contributed by atoms with Gasteiger partial charge in [0.1, 0.15) is 5.75 Å². The summed E-state index contributed by atoms with van der Waals surface area (Å²) in [6, 6.07) is 7.28. The highest BCUT2D eigenvalue weighted by molar-refractivity contribution is 5.95. The number of carboxylic acids is 1. The van der Waals surface area contributed by atoms with Gasteiger partial charge in [0.2, 0.25) is 5.91 Å². The molecule has 0 spiro atoms. The van der Waals surface area contributed by atoms with Gasteiger partial charge in [-0.1, -0.05) is 32.9 Å². The zero-order valence-corrected chi connectivity index (χ0v) is 13.5. The van der Waals surface area contributed by atoms with Gasteiger partial charge >= 0.3 is 5.97 Å². The van der Waals surface area contributed by atoms with Crippen molar-refractivity contribution in [2.24, 2.45) is 5.92 Å². The third-order valence-electron chi connectivity index (χ3n) is 3.26. The molecule has 0 aromatic heterocycles. The summed E-state index contributed by atoms with van der Waals surface area (Å²) in [5, 5.41) is 9.13.